The van der Waals surface area contributed by atoms with Gasteiger partial charge in [0.2, 0.25) is 5.88 Å². The standard InChI is InChI=1S/C32H26FN3O3/c1-20-6-4-8-25(18-20)30-29(32(39-22(3)37)36(35-30)28-9-5-7-21(2)19-28)23-12-16-27(17-13-23)34-31(38)24-10-14-26(33)15-11-24/h4-19H,1-3H3,(H,34,38). The van der Waals surface area contributed by atoms with E-state index in [0.29, 0.717) is 28.4 Å². The Kier molecular flexibility index (Phi) is 7.06. The molecule has 0 spiro atoms. The lowest BCUT2D eigenvalue weighted by Crippen LogP contribution is -2.11. The number of benzene rings is 4. The molecule has 5 aromatic rings. The molecule has 1 aromatic heterocycles. The second-order valence-corrected chi connectivity index (χ2v) is 9.28. The van der Waals surface area contributed by atoms with Crippen LogP contribution in [-0.2, 0) is 4.79 Å². The number of carbonyl (C=O) groups is 2. The molecule has 0 aliphatic rings. The van der Waals surface area contributed by atoms with E-state index in [4.69, 9.17) is 9.84 Å². The van der Waals surface area contributed by atoms with E-state index in [1.165, 1.54) is 31.2 Å². The summed E-state index contributed by atoms with van der Waals surface area (Å²) in [5.74, 6) is -0.928. The molecular weight excluding hydrogens is 493 g/mol. The average Bonchev–Trinajstić information content (AvgIpc) is 3.28. The van der Waals surface area contributed by atoms with E-state index in [0.717, 1.165) is 27.9 Å². The Balaban J connectivity index is 1.61. The highest BCUT2D eigenvalue weighted by atomic mass is 19.1. The van der Waals surface area contributed by atoms with Crippen LogP contribution in [0.1, 0.15) is 28.4 Å². The van der Waals surface area contributed by atoms with Crippen molar-refractivity contribution in [2.75, 3.05) is 5.32 Å². The number of ether oxygens (including phenoxy) is 1. The van der Waals surface area contributed by atoms with Gasteiger partial charge in [-0.05, 0) is 79.6 Å². The molecule has 0 radical (unpaired) electrons. The number of halogens is 1. The fraction of sp³-hybridized carbons (Fsp3) is 0.0938. The van der Waals surface area contributed by atoms with Crippen LogP contribution in [0.2, 0.25) is 0 Å². The van der Waals surface area contributed by atoms with Gasteiger partial charge in [-0.2, -0.15) is 9.78 Å². The lowest BCUT2D eigenvalue weighted by molar-refractivity contribution is -0.132. The van der Waals surface area contributed by atoms with Gasteiger partial charge in [-0.1, -0.05) is 48.0 Å². The minimum Gasteiger partial charge on any atom is -0.407 e. The van der Waals surface area contributed by atoms with Gasteiger partial charge in [0, 0.05) is 23.7 Å². The summed E-state index contributed by atoms with van der Waals surface area (Å²) in [5.41, 5.74) is 6.69. The van der Waals surface area contributed by atoms with Gasteiger partial charge in [0.15, 0.2) is 0 Å². The zero-order valence-corrected chi connectivity index (χ0v) is 21.7. The summed E-state index contributed by atoms with van der Waals surface area (Å²) in [5, 5.41) is 7.75. The number of nitrogens with zero attached hydrogens (tertiary/aromatic N) is 2. The molecule has 0 atom stereocenters. The highest BCUT2D eigenvalue weighted by Crippen LogP contribution is 2.41. The molecule has 6 nitrogen and oxygen atoms in total. The van der Waals surface area contributed by atoms with E-state index in [1.807, 2.05) is 74.5 Å². The normalized spacial score (nSPS) is 10.8. The maximum Gasteiger partial charge on any atom is 0.309 e. The highest BCUT2D eigenvalue weighted by Gasteiger charge is 2.25. The molecular formula is C32H26FN3O3. The second-order valence-electron chi connectivity index (χ2n) is 9.28. The number of amides is 1. The van der Waals surface area contributed by atoms with Crippen LogP contribution in [0.4, 0.5) is 10.1 Å². The van der Waals surface area contributed by atoms with Gasteiger partial charge in [-0.25, -0.2) is 4.39 Å². The molecule has 1 amide bonds. The van der Waals surface area contributed by atoms with Gasteiger partial charge in [-0.15, -0.1) is 0 Å². The summed E-state index contributed by atoms with van der Waals surface area (Å²) in [6.07, 6.45) is 0. The molecule has 0 saturated heterocycles. The van der Waals surface area contributed by atoms with Gasteiger partial charge in [-0.3, -0.25) is 9.59 Å². The highest BCUT2D eigenvalue weighted by molar-refractivity contribution is 6.04. The number of nitrogens with one attached hydrogen (secondary N) is 1. The van der Waals surface area contributed by atoms with Gasteiger partial charge in [0.05, 0.1) is 11.3 Å². The zero-order valence-electron chi connectivity index (χ0n) is 21.7. The number of aryl methyl sites for hydroxylation is 2. The van der Waals surface area contributed by atoms with Crippen LogP contribution in [0, 0.1) is 19.7 Å². The van der Waals surface area contributed by atoms with Crippen molar-refractivity contribution in [2.24, 2.45) is 0 Å². The first-order chi connectivity index (χ1) is 18.8. The molecule has 0 aliphatic heterocycles. The lowest BCUT2D eigenvalue weighted by atomic mass is 10.00. The number of carbonyl (C=O) groups excluding carboxylic acids is 2. The molecule has 1 N–H and O–H groups in total. The fourth-order valence-electron chi connectivity index (χ4n) is 4.35. The zero-order chi connectivity index (χ0) is 27.5. The summed E-state index contributed by atoms with van der Waals surface area (Å²) in [4.78, 5) is 24.9. The lowest BCUT2D eigenvalue weighted by Gasteiger charge is -2.11. The summed E-state index contributed by atoms with van der Waals surface area (Å²) >= 11 is 0. The molecule has 7 heteroatoms. The van der Waals surface area contributed by atoms with Crippen molar-refractivity contribution in [3.8, 4) is 34.0 Å². The molecule has 39 heavy (non-hydrogen) atoms. The third-order valence-corrected chi connectivity index (χ3v) is 6.16. The Bertz CT molecular complexity index is 1670. The van der Waals surface area contributed by atoms with Crippen molar-refractivity contribution in [3.63, 3.8) is 0 Å². The third kappa shape index (κ3) is 5.62. The molecule has 1 heterocycles. The quantitative estimate of drug-likeness (QED) is 0.242. The maximum absolute atomic E-state index is 13.2. The topological polar surface area (TPSA) is 73.2 Å². The van der Waals surface area contributed by atoms with Crippen molar-refractivity contribution in [2.45, 2.75) is 20.8 Å². The number of hydrogen-bond donors (Lipinski definition) is 1. The van der Waals surface area contributed by atoms with Crippen molar-refractivity contribution in [1.82, 2.24) is 9.78 Å². The van der Waals surface area contributed by atoms with Gasteiger partial charge >= 0.3 is 5.97 Å². The van der Waals surface area contributed by atoms with E-state index in [2.05, 4.69) is 5.32 Å². The minimum absolute atomic E-state index is 0.299. The van der Waals surface area contributed by atoms with Crippen LogP contribution in [0.15, 0.2) is 97.1 Å². The number of hydrogen-bond acceptors (Lipinski definition) is 4. The predicted octanol–water partition coefficient (Wildman–Crippen LogP) is 7.14. The van der Waals surface area contributed by atoms with Gasteiger partial charge in [0.25, 0.3) is 5.91 Å². The molecule has 0 unspecified atom stereocenters. The second kappa shape index (κ2) is 10.8. The van der Waals surface area contributed by atoms with E-state index < -0.39 is 11.8 Å². The first kappa shape index (κ1) is 25.6. The van der Waals surface area contributed by atoms with Crippen molar-refractivity contribution in [3.05, 3.63) is 120 Å². The summed E-state index contributed by atoms with van der Waals surface area (Å²) in [6.45, 7) is 5.35. The van der Waals surface area contributed by atoms with Crippen LogP contribution >= 0.6 is 0 Å². The number of esters is 1. The Hall–Kier alpha value is -5.04. The van der Waals surface area contributed by atoms with Crippen LogP contribution in [0.25, 0.3) is 28.1 Å². The largest absolute Gasteiger partial charge is 0.407 e. The van der Waals surface area contributed by atoms with Crippen molar-refractivity contribution < 1.29 is 18.7 Å². The molecule has 0 fully saturated rings. The Morgan fingerprint density at radius 2 is 1.49 bits per heavy atom. The summed E-state index contributed by atoms with van der Waals surface area (Å²) in [7, 11) is 0. The SMILES string of the molecule is CC(=O)Oc1c(-c2ccc(NC(=O)c3ccc(F)cc3)cc2)c(-c2cccc(C)c2)nn1-c1cccc(C)c1. The molecule has 194 valence electrons. The number of rotatable bonds is 6. The van der Waals surface area contributed by atoms with Gasteiger partial charge < -0.3 is 10.1 Å². The molecule has 0 bridgehead atoms. The number of aromatic nitrogens is 2. The third-order valence-electron chi connectivity index (χ3n) is 6.16. The Labute approximate surface area is 225 Å². The predicted molar refractivity (Wildman–Crippen MR) is 150 cm³/mol. The maximum atomic E-state index is 13.2. The smallest absolute Gasteiger partial charge is 0.309 e. The van der Waals surface area contributed by atoms with Crippen LogP contribution < -0.4 is 10.1 Å². The Morgan fingerprint density at radius 1 is 0.821 bits per heavy atom. The first-order valence-corrected chi connectivity index (χ1v) is 12.4. The summed E-state index contributed by atoms with van der Waals surface area (Å²) < 4.78 is 20.7. The monoisotopic (exact) mass is 519 g/mol. The average molecular weight is 520 g/mol. The van der Waals surface area contributed by atoms with Crippen LogP contribution in [0.5, 0.6) is 5.88 Å². The molecule has 5 rings (SSSR count). The van der Waals surface area contributed by atoms with Gasteiger partial charge in [0.1, 0.15) is 11.5 Å². The van der Waals surface area contributed by atoms with Crippen LogP contribution in [0.3, 0.4) is 0 Å². The molecule has 0 saturated carbocycles. The van der Waals surface area contributed by atoms with E-state index in [-0.39, 0.29) is 5.91 Å². The fourth-order valence-corrected chi connectivity index (χ4v) is 4.35. The summed E-state index contributed by atoms with van der Waals surface area (Å²) in [6, 6.07) is 28.3. The van der Waals surface area contributed by atoms with Crippen molar-refractivity contribution in [1.29, 1.82) is 0 Å². The van der Waals surface area contributed by atoms with E-state index >= 15 is 0 Å². The van der Waals surface area contributed by atoms with E-state index in [9.17, 15) is 14.0 Å². The molecule has 4 aromatic carbocycles. The van der Waals surface area contributed by atoms with Crippen LogP contribution in [-0.4, -0.2) is 21.7 Å². The molecule has 0 aliphatic carbocycles. The Morgan fingerprint density at radius 3 is 2.13 bits per heavy atom. The minimum atomic E-state index is -0.468. The van der Waals surface area contributed by atoms with Crippen molar-refractivity contribution >= 4 is 17.6 Å². The number of anilines is 1. The first-order valence-electron chi connectivity index (χ1n) is 12.4. The van der Waals surface area contributed by atoms with E-state index in [1.54, 1.807) is 16.8 Å².